The first-order chi connectivity index (χ1) is 8.66. The molecule has 1 aliphatic heterocycles. The molecule has 1 aliphatic rings. The molecule has 0 saturated carbocycles. The molecule has 0 unspecified atom stereocenters. The summed E-state index contributed by atoms with van der Waals surface area (Å²) in [7, 11) is 0. The molecule has 2 aromatic rings. The third-order valence-corrected chi connectivity index (χ3v) is 3.07. The molecule has 5 N–H and O–H groups in total. The molecule has 1 amide bonds. The van der Waals surface area contributed by atoms with Crippen LogP contribution in [0.15, 0.2) is 35.5 Å². The number of fused-ring (bicyclic) bond motifs is 3. The van der Waals surface area contributed by atoms with Crippen molar-refractivity contribution in [3.8, 4) is 0 Å². The maximum Gasteiger partial charge on any atom is 0.252 e. The van der Waals surface area contributed by atoms with Gasteiger partial charge in [0.2, 0.25) is 0 Å². The third kappa shape index (κ3) is 1.48. The highest BCUT2D eigenvalue weighted by molar-refractivity contribution is 6.20. The number of H-pyrrole nitrogens is 1. The van der Waals surface area contributed by atoms with E-state index in [1.54, 1.807) is 0 Å². The Kier molecular flexibility index (Phi) is 2.19. The number of aromatic nitrogens is 1. The summed E-state index contributed by atoms with van der Waals surface area (Å²) in [6, 6.07) is 7.82. The van der Waals surface area contributed by atoms with Crippen molar-refractivity contribution in [3.05, 3.63) is 41.7 Å². The van der Waals surface area contributed by atoms with Crippen LogP contribution in [-0.2, 0) is 11.2 Å². The quantitative estimate of drug-likeness (QED) is 0.690. The Hall–Kier alpha value is -2.56. The first-order valence-corrected chi connectivity index (χ1v) is 5.59. The largest absolute Gasteiger partial charge is 0.387 e. The van der Waals surface area contributed by atoms with Crippen LogP contribution >= 0.6 is 0 Å². The highest BCUT2D eigenvalue weighted by Gasteiger charge is 2.20. The number of benzene rings is 1. The normalized spacial score (nSPS) is 14.7. The Morgan fingerprint density at radius 2 is 2.11 bits per heavy atom. The average molecular weight is 240 g/mol. The van der Waals surface area contributed by atoms with Crippen molar-refractivity contribution >= 4 is 28.2 Å². The third-order valence-electron chi connectivity index (χ3n) is 3.07. The van der Waals surface area contributed by atoms with Crippen molar-refractivity contribution in [2.45, 2.75) is 6.42 Å². The van der Waals surface area contributed by atoms with Gasteiger partial charge in [-0.15, -0.1) is 0 Å². The molecular weight excluding hydrogens is 228 g/mol. The van der Waals surface area contributed by atoms with Crippen molar-refractivity contribution in [1.82, 2.24) is 4.98 Å². The van der Waals surface area contributed by atoms with Crippen LogP contribution in [0.2, 0.25) is 0 Å². The number of hydrogen-bond acceptors (Lipinski definition) is 3. The van der Waals surface area contributed by atoms with E-state index in [1.807, 2.05) is 24.3 Å². The van der Waals surface area contributed by atoms with E-state index in [-0.39, 0.29) is 0 Å². The number of nitrogens with two attached hydrogens (primary N) is 2. The Bertz CT molecular complexity index is 709. The van der Waals surface area contributed by atoms with Gasteiger partial charge in [0, 0.05) is 23.5 Å². The molecule has 1 aromatic carbocycles. The van der Waals surface area contributed by atoms with E-state index < -0.39 is 5.91 Å². The second-order valence-corrected chi connectivity index (χ2v) is 4.23. The second kappa shape index (κ2) is 3.73. The number of amides is 1. The highest BCUT2D eigenvalue weighted by Crippen LogP contribution is 2.29. The molecular formula is C13H12N4O. The van der Waals surface area contributed by atoms with E-state index in [1.165, 1.54) is 6.20 Å². The van der Waals surface area contributed by atoms with Gasteiger partial charge in [0.1, 0.15) is 5.84 Å². The molecule has 0 saturated heterocycles. The average Bonchev–Trinajstić information content (AvgIpc) is 2.59. The SMILES string of the molecule is NC(=O)C1=CN=C(N)Cc2c1[nH]c1ccccc21. The van der Waals surface area contributed by atoms with Crippen LogP contribution in [-0.4, -0.2) is 16.7 Å². The monoisotopic (exact) mass is 240 g/mol. The standard InChI is InChI=1S/C13H12N4O/c14-11-5-8-7-3-1-2-4-10(7)17-12(8)9(6-16-11)13(15)18/h1-4,6,17H,5H2,(H2,14,16)(H2,15,18). The van der Waals surface area contributed by atoms with E-state index in [4.69, 9.17) is 11.5 Å². The zero-order valence-electron chi connectivity index (χ0n) is 9.60. The summed E-state index contributed by atoms with van der Waals surface area (Å²) in [5, 5.41) is 1.04. The molecule has 90 valence electrons. The predicted molar refractivity (Wildman–Crippen MR) is 70.8 cm³/mol. The van der Waals surface area contributed by atoms with Crippen LogP contribution in [0.5, 0.6) is 0 Å². The predicted octanol–water partition coefficient (Wildman–Crippen LogP) is 0.907. The topological polar surface area (TPSA) is 97.3 Å². The first-order valence-electron chi connectivity index (χ1n) is 5.59. The first kappa shape index (κ1) is 10.6. The highest BCUT2D eigenvalue weighted by atomic mass is 16.1. The van der Waals surface area contributed by atoms with Crippen molar-refractivity contribution < 1.29 is 4.79 Å². The van der Waals surface area contributed by atoms with Crippen molar-refractivity contribution in [2.75, 3.05) is 0 Å². The fraction of sp³-hybridized carbons (Fsp3) is 0.0769. The molecule has 5 nitrogen and oxygen atoms in total. The Morgan fingerprint density at radius 1 is 1.33 bits per heavy atom. The van der Waals surface area contributed by atoms with Gasteiger partial charge in [-0.2, -0.15) is 0 Å². The summed E-state index contributed by atoms with van der Waals surface area (Å²) in [5.41, 5.74) is 14.2. The Balaban J connectivity index is 2.34. The molecule has 2 heterocycles. The number of carbonyl (C=O) groups is 1. The van der Waals surface area contributed by atoms with Gasteiger partial charge >= 0.3 is 0 Å². The van der Waals surface area contributed by atoms with Gasteiger partial charge in [0.15, 0.2) is 0 Å². The molecule has 3 rings (SSSR count). The number of hydrogen-bond donors (Lipinski definition) is 3. The summed E-state index contributed by atoms with van der Waals surface area (Å²) in [4.78, 5) is 18.7. The van der Waals surface area contributed by atoms with Crippen molar-refractivity contribution in [1.29, 1.82) is 0 Å². The fourth-order valence-electron chi connectivity index (χ4n) is 2.24. The van der Waals surface area contributed by atoms with Crippen LogP contribution in [0.1, 0.15) is 11.3 Å². The summed E-state index contributed by atoms with van der Waals surface area (Å²) < 4.78 is 0. The Morgan fingerprint density at radius 3 is 2.89 bits per heavy atom. The van der Waals surface area contributed by atoms with Gasteiger partial charge in [-0.3, -0.25) is 4.79 Å². The van der Waals surface area contributed by atoms with Crippen LogP contribution in [0, 0.1) is 0 Å². The van der Waals surface area contributed by atoms with E-state index in [0.29, 0.717) is 23.5 Å². The molecule has 0 aliphatic carbocycles. The lowest BCUT2D eigenvalue weighted by molar-refractivity contribution is -0.112. The molecule has 5 heteroatoms. The molecule has 0 fully saturated rings. The molecule has 0 bridgehead atoms. The number of rotatable bonds is 1. The molecule has 18 heavy (non-hydrogen) atoms. The summed E-state index contributed by atoms with van der Waals surface area (Å²) in [5.74, 6) is -0.0430. The Labute approximate surface area is 103 Å². The number of amidine groups is 1. The van der Waals surface area contributed by atoms with Gasteiger partial charge in [-0.05, 0) is 11.6 Å². The van der Waals surface area contributed by atoms with Gasteiger partial charge in [0.25, 0.3) is 5.91 Å². The minimum atomic E-state index is -0.513. The van der Waals surface area contributed by atoms with Crippen LogP contribution in [0.25, 0.3) is 16.5 Å². The van der Waals surface area contributed by atoms with E-state index >= 15 is 0 Å². The minimum absolute atomic E-state index is 0.363. The number of primary amides is 1. The molecule has 0 spiro atoms. The maximum atomic E-state index is 11.5. The van der Waals surface area contributed by atoms with Gasteiger partial charge in [-0.1, -0.05) is 18.2 Å². The van der Waals surface area contributed by atoms with Crippen LogP contribution in [0.3, 0.4) is 0 Å². The van der Waals surface area contributed by atoms with Gasteiger partial charge < -0.3 is 16.5 Å². The lowest BCUT2D eigenvalue weighted by Gasteiger charge is -2.01. The summed E-state index contributed by atoms with van der Waals surface area (Å²) >= 11 is 0. The van der Waals surface area contributed by atoms with Gasteiger partial charge in [0.05, 0.1) is 11.3 Å². The lowest BCUT2D eigenvalue weighted by atomic mass is 10.0. The smallest absolute Gasteiger partial charge is 0.252 e. The van der Waals surface area contributed by atoms with E-state index in [0.717, 1.165) is 16.5 Å². The van der Waals surface area contributed by atoms with Crippen LogP contribution < -0.4 is 11.5 Å². The second-order valence-electron chi connectivity index (χ2n) is 4.23. The van der Waals surface area contributed by atoms with Crippen molar-refractivity contribution in [2.24, 2.45) is 16.5 Å². The zero-order chi connectivity index (χ0) is 12.7. The molecule has 0 atom stereocenters. The summed E-state index contributed by atoms with van der Waals surface area (Å²) in [6.07, 6.45) is 1.94. The number of para-hydroxylation sites is 1. The number of aromatic amines is 1. The lowest BCUT2D eigenvalue weighted by Crippen LogP contribution is -2.15. The van der Waals surface area contributed by atoms with Crippen LogP contribution in [0.4, 0.5) is 0 Å². The summed E-state index contributed by atoms with van der Waals surface area (Å²) in [6.45, 7) is 0. The van der Waals surface area contributed by atoms with Crippen molar-refractivity contribution in [3.63, 3.8) is 0 Å². The minimum Gasteiger partial charge on any atom is -0.387 e. The van der Waals surface area contributed by atoms with E-state index in [9.17, 15) is 4.79 Å². The number of carbonyl (C=O) groups excluding carboxylic acids is 1. The van der Waals surface area contributed by atoms with Gasteiger partial charge in [-0.25, -0.2) is 4.99 Å². The molecule has 1 aromatic heterocycles. The van der Waals surface area contributed by atoms with E-state index in [2.05, 4.69) is 9.98 Å². The number of aliphatic imine (C=N–C) groups is 1. The number of nitrogens with one attached hydrogen (secondary N) is 1. The number of nitrogens with zero attached hydrogens (tertiary/aromatic N) is 1. The fourth-order valence-corrected chi connectivity index (χ4v) is 2.24. The molecule has 0 radical (unpaired) electrons. The maximum absolute atomic E-state index is 11.5. The zero-order valence-corrected chi connectivity index (χ0v) is 9.60.